The van der Waals surface area contributed by atoms with Crippen LogP contribution in [0.1, 0.15) is 34.1 Å². The molecule has 7 heteroatoms. The summed E-state index contributed by atoms with van der Waals surface area (Å²) in [5.74, 6) is -0.304. The molecule has 7 nitrogen and oxygen atoms in total. The van der Waals surface area contributed by atoms with Gasteiger partial charge in [0.1, 0.15) is 22.6 Å². The van der Waals surface area contributed by atoms with Crippen LogP contribution in [-0.4, -0.2) is 25.5 Å². The number of ether oxygens (including phenoxy) is 2. The van der Waals surface area contributed by atoms with Gasteiger partial charge in [0.25, 0.3) is 5.91 Å². The van der Waals surface area contributed by atoms with Crippen LogP contribution < -0.4 is 20.4 Å². The van der Waals surface area contributed by atoms with Gasteiger partial charge >= 0.3 is 11.6 Å². The molecule has 28 heavy (non-hydrogen) atoms. The smallest absolute Gasteiger partial charge is 0.349 e. The van der Waals surface area contributed by atoms with Gasteiger partial charge in [-0.25, -0.2) is 9.59 Å². The quantitative estimate of drug-likeness (QED) is 0.400. The Bertz CT molecular complexity index is 1090. The van der Waals surface area contributed by atoms with Crippen LogP contribution in [0.15, 0.2) is 57.7 Å². The van der Waals surface area contributed by atoms with Crippen LogP contribution in [0, 0.1) is 0 Å². The number of carbonyl (C=O) groups excluding carboxylic acids is 2. The van der Waals surface area contributed by atoms with E-state index in [0.717, 1.165) is 6.42 Å². The summed E-state index contributed by atoms with van der Waals surface area (Å²) < 4.78 is 15.7. The molecular formula is C21H19NO6. The van der Waals surface area contributed by atoms with Gasteiger partial charge in [0.15, 0.2) is 0 Å². The Hall–Kier alpha value is -3.61. The van der Waals surface area contributed by atoms with Gasteiger partial charge in [-0.2, -0.15) is 0 Å². The van der Waals surface area contributed by atoms with E-state index >= 15 is 0 Å². The zero-order valence-electron chi connectivity index (χ0n) is 15.5. The highest BCUT2D eigenvalue weighted by molar-refractivity contribution is 5.97. The highest BCUT2D eigenvalue weighted by Crippen LogP contribution is 2.22. The number of methoxy groups -OCH3 is 1. The summed E-state index contributed by atoms with van der Waals surface area (Å²) in [5.41, 5.74) is -0.281. The Morgan fingerprint density at radius 1 is 1.07 bits per heavy atom. The maximum Gasteiger partial charge on any atom is 0.349 e. The molecule has 0 fully saturated rings. The molecule has 3 aromatic rings. The average molecular weight is 381 g/mol. The summed E-state index contributed by atoms with van der Waals surface area (Å²) in [5, 5.41) is 3.18. The molecule has 0 spiro atoms. The van der Waals surface area contributed by atoms with Crippen LogP contribution in [-0.2, 0) is 0 Å². The molecule has 0 aliphatic carbocycles. The summed E-state index contributed by atoms with van der Waals surface area (Å²) in [6, 6.07) is 12.6. The first kappa shape index (κ1) is 19.2. The van der Waals surface area contributed by atoms with E-state index < -0.39 is 17.5 Å². The topological polar surface area (TPSA) is 94.8 Å². The van der Waals surface area contributed by atoms with Gasteiger partial charge in [-0.15, -0.1) is 0 Å². The molecule has 1 N–H and O–H groups in total. The minimum atomic E-state index is -0.752. The Labute approximate surface area is 160 Å². The molecule has 0 aliphatic rings. The van der Waals surface area contributed by atoms with E-state index in [1.54, 1.807) is 36.4 Å². The van der Waals surface area contributed by atoms with Gasteiger partial charge in [-0.3, -0.25) is 4.79 Å². The second kappa shape index (κ2) is 8.39. The minimum Gasteiger partial charge on any atom is -0.497 e. The van der Waals surface area contributed by atoms with Crippen LogP contribution in [0.5, 0.6) is 11.5 Å². The van der Waals surface area contributed by atoms with Crippen molar-refractivity contribution in [3.8, 4) is 11.5 Å². The van der Waals surface area contributed by atoms with Crippen molar-refractivity contribution in [3.05, 3.63) is 70.1 Å². The Morgan fingerprint density at radius 2 is 1.89 bits per heavy atom. The normalized spacial score (nSPS) is 10.5. The zero-order chi connectivity index (χ0) is 20.1. The zero-order valence-corrected chi connectivity index (χ0v) is 15.5. The number of hydrogen-bond donors (Lipinski definition) is 1. The molecule has 1 aromatic heterocycles. The SMILES string of the molecule is CCCNC(=O)c1cc2ccc(OC(=O)c3cccc(OC)c3)cc2oc1=O. The van der Waals surface area contributed by atoms with Gasteiger partial charge in [0, 0.05) is 18.0 Å². The van der Waals surface area contributed by atoms with Crippen molar-refractivity contribution in [1.82, 2.24) is 5.32 Å². The van der Waals surface area contributed by atoms with Crippen LogP contribution >= 0.6 is 0 Å². The lowest BCUT2D eigenvalue weighted by molar-refractivity contribution is 0.0734. The number of carbonyl (C=O) groups is 2. The summed E-state index contributed by atoms with van der Waals surface area (Å²) in [6.07, 6.45) is 0.757. The van der Waals surface area contributed by atoms with E-state index in [9.17, 15) is 14.4 Å². The fourth-order valence-electron chi connectivity index (χ4n) is 2.56. The van der Waals surface area contributed by atoms with Crippen molar-refractivity contribution in [1.29, 1.82) is 0 Å². The van der Waals surface area contributed by atoms with Crippen LogP contribution in [0.4, 0.5) is 0 Å². The van der Waals surface area contributed by atoms with Gasteiger partial charge in [-0.05, 0) is 42.8 Å². The van der Waals surface area contributed by atoms with Gasteiger partial charge in [0.2, 0.25) is 0 Å². The average Bonchev–Trinajstić information content (AvgIpc) is 2.71. The lowest BCUT2D eigenvalue weighted by Crippen LogP contribution is -2.28. The molecule has 0 saturated carbocycles. The van der Waals surface area contributed by atoms with Crippen molar-refractivity contribution in [3.63, 3.8) is 0 Å². The van der Waals surface area contributed by atoms with Gasteiger partial charge in [0.05, 0.1) is 12.7 Å². The van der Waals surface area contributed by atoms with Crippen molar-refractivity contribution >= 4 is 22.8 Å². The minimum absolute atomic E-state index is 0.0675. The Balaban J connectivity index is 1.85. The molecule has 1 amide bonds. The van der Waals surface area contributed by atoms with E-state index in [-0.39, 0.29) is 16.9 Å². The highest BCUT2D eigenvalue weighted by atomic mass is 16.5. The predicted octanol–water partition coefficient (Wildman–Crippen LogP) is 3.16. The standard InChI is InChI=1S/C21H19NO6/c1-3-9-22-19(23)17-11-13-7-8-16(12-18(13)28-21(17)25)27-20(24)14-5-4-6-15(10-14)26-2/h4-8,10-12H,3,9H2,1-2H3,(H,22,23). The third-order valence-electron chi connectivity index (χ3n) is 4.00. The van der Waals surface area contributed by atoms with E-state index in [4.69, 9.17) is 13.9 Å². The van der Waals surface area contributed by atoms with E-state index in [1.807, 2.05) is 6.92 Å². The number of esters is 1. The third-order valence-corrected chi connectivity index (χ3v) is 4.00. The van der Waals surface area contributed by atoms with Crippen LogP contribution in [0.3, 0.4) is 0 Å². The number of nitrogens with one attached hydrogen (secondary N) is 1. The highest BCUT2D eigenvalue weighted by Gasteiger charge is 2.15. The number of rotatable bonds is 6. The molecule has 0 bridgehead atoms. The molecule has 0 radical (unpaired) electrons. The molecule has 1 heterocycles. The van der Waals surface area contributed by atoms with Crippen LogP contribution in [0.2, 0.25) is 0 Å². The largest absolute Gasteiger partial charge is 0.497 e. The first-order valence-electron chi connectivity index (χ1n) is 8.74. The van der Waals surface area contributed by atoms with Crippen molar-refractivity contribution in [2.45, 2.75) is 13.3 Å². The Morgan fingerprint density at radius 3 is 2.64 bits per heavy atom. The van der Waals surface area contributed by atoms with E-state index in [1.165, 1.54) is 19.2 Å². The summed E-state index contributed by atoms with van der Waals surface area (Å²) >= 11 is 0. The van der Waals surface area contributed by atoms with Gasteiger partial charge < -0.3 is 19.2 Å². The maximum atomic E-state index is 12.3. The summed E-state index contributed by atoms with van der Waals surface area (Å²) in [7, 11) is 1.51. The maximum absolute atomic E-state index is 12.3. The number of amides is 1. The second-order valence-electron chi connectivity index (χ2n) is 6.02. The molecular weight excluding hydrogens is 362 g/mol. The van der Waals surface area contributed by atoms with Crippen molar-refractivity contribution in [2.24, 2.45) is 0 Å². The van der Waals surface area contributed by atoms with Gasteiger partial charge in [-0.1, -0.05) is 13.0 Å². The molecule has 0 atom stereocenters. The fraction of sp³-hybridized carbons (Fsp3) is 0.190. The second-order valence-corrected chi connectivity index (χ2v) is 6.02. The monoisotopic (exact) mass is 381 g/mol. The van der Waals surface area contributed by atoms with Crippen LogP contribution in [0.25, 0.3) is 11.0 Å². The molecule has 3 rings (SSSR count). The predicted molar refractivity (Wildman–Crippen MR) is 103 cm³/mol. The van der Waals surface area contributed by atoms with Crippen molar-refractivity contribution in [2.75, 3.05) is 13.7 Å². The first-order chi connectivity index (χ1) is 13.5. The lowest BCUT2D eigenvalue weighted by atomic mass is 10.1. The van der Waals surface area contributed by atoms with E-state index in [0.29, 0.717) is 23.2 Å². The fourth-order valence-corrected chi connectivity index (χ4v) is 2.56. The first-order valence-corrected chi connectivity index (χ1v) is 8.74. The summed E-state index contributed by atoms with van der Waals surface area (Å²) in [4.78, 5) is 36.5. The van der Waals surface area contributed by atoms with E-state index in [2.05, 4.69) is 5.32 Å². The number of benzene rings is 2. The molecule has 0 unspecified atom stereocenters. The third kappa shape index (κ3) is 4.20. The molecule has 2 aromatic carbocycles. The number of fused-ring (bicyclic) bond motifs is 1. The number of hydrogen-bond acceptors (Lipinski definition) is 6. The van der Waals surface area contributed by atoms with Crippen molar-refractivity contribution < 1.29 is 23.5 Å². The molecule has 144 valence electrons. The molecule has 0 aliphatic heterocycles. The lowest BCUT2D eigenvalue weighted by Gasteiger charge is -2.07. The molecule has 0 saturated heterocycles. The summed E-state index contributed by atoms with van der Waals surface area (Å²) in [6.45, 7) is 2.38. The Kier molecular flexibility index (Phi) is 5.74.